The average molecular weight is 309 g/mol. The maximum absolute atomic E-state index is 6.13. The zero-order chi connectivity index (χ0) is 15.8. The average Bonchev–Trinajstić information content (AvgIpc) is 2.55. The minimum absolute atomic E-state index is 0.559. The van der Waals surface area contributed by atoms with Gasteiger partial charge in [-0.25, -0.2) is 0 Å². The quantitative estimate of drug-likeness (QED) is 0.459. The fourth-order valence-corrected chi connectivity index (χ4v) is 4.91. The molecule has 0 aromatic rings. The van der Waals surface area contributed by atoms with Crippen LogP contribution in [-0.2, 0) is 4.74 Å². The van der Waals surface area contributed by atoms with E-state index in [1.54, 1.807) is 0 Å². The first-order valence-electron chi connectivity index (χ1n) is 10.4. The van der Waals surface area contributed by atoms with E-state index in [1.807, 2.05) is 0 Å². The molecular weight excluding hydrogens is 268 g/mol. The first-order chi connectivity index (χ1) is 10.7. The molecule has 0 N–H and O–H groups in total. The molecule has 2 rings (SSSR count). The molecule has 0 aliphatic heterocycles. The smallest absolute Gasteiger partial charge is 0.0600 e. The normalized spacial score (nSPS) is 36.4. The van der Waals surface area contributed by atoms with Crippen molar-refractivity contribution in [2.75, 3.05) is 6.61 Å². The molecule has 0 bridgehead atoms. The third-order valence-corrected chi connectivity index (χ3v) is 6.49. The van der Waals surface area contributed by atoms with Crippen LogP contribution in [0.4, 0.5) is 0 Å². The molecule has 130 valence electrons. The van der Waals surface area contributed by atoms with Crippen molar-refractivity contribution in [1.82, 2.24) is 0 Å². The number of rotatable bonds is 8. The second-order valence-corrected chi connectivity index (χ2v) is 8.24. The van der Waals surface area contributed by atoms with Crippen LogP contribution in [0.15, 0.2) is 0 Å². The molecule has 3 atom stereocenters. The molecule has 0 radical (unpaired) electrons. The van der Waals surface area contributed by atoms with Crippen LogP contribution in [0.2, 0.25) is 0 Å². The lowest BCUT2D eigenvalue weighted by atomic mass is 9.68. The molecule has 2 fully saturated rings. The highest BCUT2D eigenvalue weighted by Gasteiger charge is 2.34. The minimum Gasteiger partial charge on any atom is -0.378 e. The second-order valence-electron chi connectivity index (χ2n) is 8.24. The van der Waals surface area contributed by atoms with Crippen molar-refractivity contribution < 1.29 is 4.74 Å². The summed E-state index contributed by atoms with van der Waals surface area (Å²) in [4.78, 5) is 0. The van der Waals surface area contributed by atoms with E-state index in [-0.39, 0.29) is 0 Å². The summed E-state index contributed by atoms with van der Waals surface area (Å²) in [6, 6.07) is 0. The van der Waals surface area contributed by atoms with Crippen LogP contribution in [0, 0.1) is 23.7 Å². The predicted octanol–water partition coefficient (Wildman–Crippen LogP) is 6.60. The Morgan fingerprint density at radius 1 is 0.818 bits per heavy atom. The van der Waals surface area contributed by atoms with E-state index in [1.165, 1.54) is 77.0 Å². The van der Waals surface area contributed by atoms with Gasteiger partial charge in [-0.3, -0.25) is 0 Å². The van der Waals surface area contributed by atoms with Gasteiger partial charge in [0.15, 0.2) is 0 Å². The van der Waals surface area contributed by atoms with Crippen molar-refractivity contribution in [3.05, 3.63) is 0 Å². The van der Waals surface area contributed by atoms with Crippen molar-refractivity contribution in [2.24, 2.45) is 23.7 Å². The number of ether oxygens (including phenoxy) is 1. The Morgan fingerprint density at radius 2 is 1.50 bits per heavy atom. The van der Waals surface area contributed by atoms with Crippen LogP contribution in [-0.4, -0.2) is 12.7 Å². The van der Waals surface area contributed by atoms with Gasteiger partial charge < -0.3 is 4.74 Å². The zero-order valence-corrected chi connectivity index (χ0v) is 15.5. The van der Waals surface area contributed by atoms with Gasteiger partial charge >= 0.3 is 0 Å². The van der Waals surface area contributed by atoms with Gasteiger partial charge in [0.2, 0.25) is 0 Å². The van der Waals surface area contributed by atoms with Gasteiger partial charge in [0, 0.05) is 6.61 Å². The lowest BCUT2D eigenvalue weighted by Gasteiger charge is -2.40. The fourth-order valence-electron chi connectivity index (χ4n) is 4.91. The Kier molecular flexibility index (Phi) is 8.28. The van der Waals surface area contributed by atoms with Crippen molar-refractivity contribution in [2.45, 2.75) is 104 Å². The lowest BCUT2D eigenvalue weighted by molar-refractivity contribution is -0.0286. The van der Waals surface area contributed by atoms with Crippen molar-refractivity contribution in [1.29, 1.82) is 0 Å². The number of hydrogen-bond acceptors (Lipinski definition) is 1. The largest absolute Gasteiger partial charge is 0.378 e. The number of unbranched alkanes of at least 4 members (excludes halogenated alkanes) is 2. The summed E-state index contributed by atoms with van der Waals surface area (Å²) in [5.41, 5.74) is 0. The first kappa shape index (κ1) is 18.3. The molecule has 0 aromatic heterocycles. The molecule has 2 aliphatic carbocycles. The molecule has 1 nitrogen and oxygen atoms in total. The summed E-state index contributed by atoms with van der Waals surface area (Å²) in [7, 11) is 0. The van der Waals surface area contributed by atoms with E-state index in [0.29, 0.717) is 6.10 Å². The highest BCUT2D eigenvalue weighted by Crippen LogP contribution is 2.43. The zero-order valence-electron chi connectivity index (χ0n) is 15.5. The summed E-state index contributed by atoms with van der Waals surface area (Å²) in [5, 5.41) is 0. The maximum Gasteiger partial charge on any atom is 0.0600 e. The molecule has 0 heterocycles. The summed E-state index contributed by atoms with van der Waals surface area (Å²) >= 11 is 0. The molecule has 0 saturated heterocycles. The molecule has 3 unspecified atom stereocenters. The van der Waals surface area contributed by atoms with E-state index in [4.69, 9.17) is 4.74 Å². The third kappa shape index (κ3) is 5.55. The molecule has 2 saturated carbocycles. The third-order valence-electron chi connectivity index (χ3n) is 6.49. The lowest BCUT2D eigenvalue weighted by Crippen LogP contribution is -2.34. The topological polar surface area (TPSA) is 9.23 Å². The van der Waals surface area contributed by atoms with E-state index in [0.717, 1.165) is 30.3 Å². The van der Waals surface area contributed by atoms with Gasteiger partial charge in [0.25, 0.3) is 0 Å². The predicted molar refractivity (Wildman–Crippen MR) is 96.1 cm³/mol. The van der Waals surface area contributed by atoms with Crippen LogP contribution in [0.5, 0.6) is 0 Å². The molecular formula is C21H40O. The van der Waals surface area contributed by atoms with Gasteiger partial charge in [-0.1, -0.05) is 59.3 Å². The van der Waals surface area contributed by atoms with Gasteiger partial charge in [0.05, 0.1) is 6.10 Å². The van der Waals surface area contributed by atoms with E-state index < -0.39 is 0 Å². The van der Waals surface area contributed by atoms with Crippen molar-refractivity contribution in [3.63, 3.8) is 0 Å². The summed E-state index contributed by atoms with van der Waals surface area (Å²) in [5.74, 6) is 3.89. The molecule has 2 aliphatic rings. The van der Waals surface area contributed by atoms with Crippen LogP contribution < -0.4 is 0 Å². The first-order valence-corrected chi connectivity index (χ1v) is 10.4. The van der Waals surface area contributed by atoms with Gasteiger partial charge in [-0.15, -0.1) is 0 Å². The Hall–Kier alpha value is -0.0400. The molecule has 0 amide bonds. The minimum atomic E-state index is 0.559. The van der Waals surface area contributed by atoms with Crippen LogP contribution in [0.1, 0.15) is 97.8 Å². The fraction of sp³-hybridized carbons (Fsp3) is 1.00. The van der Waals surface area contributed by atoms with Crippen LogP contribution in [0.25, 0.3) is 0 Å². The highest BCUT2D eigenvalue weighted by molar-refractivity contribution is 4.85. The summed E-state index contributed by atoms with van der Waals surface area (Å²) < 4.78 is 6.13. The monoisotopic (exact) mass is 308 g/mol. The van der Waals surface area contributed by atoms with Crippen molar-refractivity contribution >= 4 is 0 Å². The Bertz CT molecular complexity index is 280. The summed E-state index contributed by atoms with van der Waals surface area (Å²) in [6.45, 7) is 8.00. The van der Waals surface area contributed by atoms with Gasteiger partial charge in [-0.2, -0.15) is 0 Å². The van der Waals surface area contributed by atoms with Crippen LogP contribution >= 0.6 is 0 Å². The Morgan fingerprint density at radius 3 is 2.14 bits per heavy atom. The molecule has 0 spiro atoms. The standard InChI is InChI=1S/C21H40O/c1-4-6-8-18-9-11-19(12-10-18)20-13-14-21(17(3)16-20)22-15-7-5-2/h17-21H,4-16H2,1-3H3. The van der Waals surface area contributed by atoms with Crippen molar-refractivity contribution in [3.8, 4) is 0 Å². The van der Waals surface area contributed by atoms with Gasteiger partial charge in [-0.05, 0) is 62.2 Å². The Balaban J connectivity index is 1.68. The van der Waals surface area contributed by atoms with E-state index in [2.05, 4.69) is 20.8 Å². The Labute approximate surface area is 139 Å². The van der Waals surface area contributed by atoms with Gasteiger partial charge in [0.1, 0.15) is 0 Å². The number of hydrogen-bond donors (Lipinski definition) is 0. The molecule has 1 heteroatoms. The highest BCUT2D eigenvalue weighted by atomic mass is 16.5. The van der Waals surface area contributed by atoms with E-state index in [9.17, 15) is 0 Å². The second kappa shape index (κ2) is 9.96. The molecule has 22 heavy (non-hydrogen) atoms. The summed E-state index contributed by atoms with van der Waals surface area (Å²) in [6.07, 6.45) is 17.6. The maximum atomic E-state index is 6.13. The van der Waals surface area contributed by atoms with E-state index >= 15 is 0 Å². The SMILES string of the molecule is CCCCOC1CCC(C2CCC(CCCC)CC2)CC1C. The molecule has 0 aromatic carbocycles. The van der Waals surface area contributed by atoms with Crippen LogP contribution in [0.3, 0.4) is 0 Å².